The Morgan fingerprint density at radius 3 is 3.14 bits per heavy atom. The van der Waals surface area contributed by atoms with Crippen molar-refractivity contribution in [3.8, 4) is 0 Å². The van der Waals surface area contributed by atoms with Crippen LogP contribution in [-0.4, -0.2) is 6.47 Å². The summed E-state index contributed by atoms with van der Waals surface area (Å²) in [7, 11) is 0. The molecule has 1 aromatic heterocycles. The molecule has 0 fully saturated rings. The van der Waals surface area contributed by atoms with Crippen LogP contribution in [0.15, 0.2) is 33.4 Å². The lowest BCUT2D eigenvalue weighted by Crippen LogP contribution is -1.88. The summed E-state index contributed by atoms with van der Waals surface area (Å²) < 4.78 is 10.8. The Balaban J connectivity index is 2.50. The molecule has 0 aliphatic heterocycles. The van der Waals surface area contributed by atoms with Crippen LogP contribution in [0.5, 0.6) is 0 Å². The van der Waals surface area contributed by atoms with E-state index in [0.29, 0.717) is 0 Å². The molecular formula is C10H6BrO3. The number of halogens is 1. The normalized spacial score (nSPS) is 10.4. The van der Waals surface area contributed by atoms with Gasteiger partial charge in [-0.2, -0.15) is 0 Å². The van der Waals surface area contributed by atoms with Gasteiger partial charge in [-0.1, -0.05) is 22.0 Å². The fourth-order valence-electron chi connectivity index (χ4n) is 1.32. The van der Waals surface area contributed by atoms with Crippen LogP contribution in [0.4, 0.5) is 0 Å². The molecule has 2 aromatic rings. The lowest BCUT2D eigenvalue weighted by atomic mass is 10.2. The number of hydrogen-bond donors (Lipinski definition) is 0. The summed E-state index contributed by atoms with van der Waals surface area (Å²) in [5.41, 5.74) is 1.60. The maximum atomic E-state index is 9.93. The zero-order valence-corrected chi connectivity index (χ0v) is 8.71. The van der Waals surface area contributed by atoms with Gasteiger partial charge in [-0.25, -0.2) is 4.79 Å². The summed E-state index contributed by atoms with van der Waals surface area (Å²) in [5, 5.41) is 0.933. The largest absolute Gasteiger partial charge is 0.464 e. The maximum Gasteiger partial charge on any atom is 0.417 e. The minimum Gasteiger partial charge on any atom is -0.464 e. The van der Waals surface area contributed by atoms with Gasteiger partial charge in [0.05, 0.1) is 6.26 Å². The summed E-state index contributed by atoms with van der Waals surface area (Å²) in [4.78, 5) is 9.93. The molecule has 0 aliphatic carbocycles. The highest BCUT2D eigenvalue weighted by Crippen LogP contribution is 2.29. The Kier molecular flexibility index (Phi) is 2.54. The minimum absolute atomic E-state index is 0.180. The molecule has 1 radical (unpaired) electrons. The van der Waals surface area contributed by atoms with E-state index in [1.807, 2.05) is 18.2 Å². The highest BCUT2D eigenvalue weighted by Gasteiger charge is 2.08. The number of ether oxygens (including phenoxy) is 1. The van der Waals surface area contributed by atoms with Crippen LogP contribution < -0.4 is 0 Å². The van der Waals surface area contributed by atoms with E-state index in [1.54, 1.807) is 6.26 Å². The van der Waals surface area contributed by atoms with Crippen molar-refractivity contribution in [1.29, 1.82) is 0 Å². The van der Waals surface area contributed by atoms with Crippen molar-refractivity contribution in [1.82, 2.24) is 0 Å². The lowest BCUT2D eigenvalue weighted by molar-refractivity contribution is 0.267. The molecule has 0 spiro atoms. The van der Waals surface area contributed by atoms with Crippen molar-refractivity contribution >= 4 is 33.4 Å². The molecule has 4 heteroatoms. The van der Waals surface area contributed by atoms with Gasteiger partial charge in [0.15, 0.2) is 0 Å². The van der Waals surface area contributed by atoms with Crippen LogP contribution in [0.1, 0.15) is 5.56 Å². The molecule has 0 N–H and O–H groups in total. The van der Waals surface area contributed by atoms with Gasteiger partial charge in [-0.15, -0.1) is 0 Å². The van der Waals surface area contributed by atoms with E-state index < -0.39 is 0 Å². The first-order valence-corrected chi connectivity index (χ1v) is 4.75. The third-order valence-electron chi connectivity index (χ3n) is 1.91. The molecular weight excluding hydrogens is 248 g/mol. The van der Waals surface area contributed by atoms with Crippen LogP contribution in [-0.2, 0) is 16.1 Å². The molecule has 0 unspecified atom stereocenters. The highest BCUT2D eigenvalue weighted by atomic mass is 79.9. The second-order valence-electron chi connectivity index (χ2n) is 2.75. The van der Waals surface area contributed by atoms with Crippen molar-refractivity contribution in [3.63, 3.8) is 0 Å². The van der Waals surface area contributed by atoms with Crippen molar-refractivity contribution in [2.75, 3.05) is 0 Å². The molecule has 2 rings (SSSR count). The predicted octanol–water partition coefficient (Wildman–Crippen LogP) is 2.78. The summed E-state index contributed by atoms with van der Waals surface area (Å²) in [6.45, 7) is 1.56. The van der Waals surface area contributed by atoms with Gasteiger partial charge < -0.3 is 9.15 Å². The van der Waals surface area contributed by atoms with E-state index in [9.17, 15) is 4.79 Å². The Morgan fingerprint density at radius 2 is 2.36 bits per heavy atom. The Morgan fingerprint density at radius 1 is 1.50 bits per heavy atom. The third-order valence-corrected chi connectivity index (χ3v) is 2.57. The van der Waals surface area contributed by atoms with Crippen LogP contribution in [0.2, 0.25) is 0 Å². The summed E-state index contributed by atoms with van der Waals surface area (Å²) in [6.07, 6.45) is 1.58. The monoisotopic (exact) mass is 253 g/mol. The van der Waals surface area contributed by atoms with Crippen molar-refractivity contribution in [2.45, 2.75) is 6.61 Å². The molecule has 14 heavy (non-hydrogen) atoms. The van der Waals surface area contributed by atoms with Crippen molar-refractivity contribution in [2.24, 2.45) is 0 Å². The van der Waals surface area contributed by atoms with Crippen molar-refractivity contribution < 1.29 is 13.9 Å². The molecule has 0 saturated heterocycles. The Hall–Kier alpha value is -1.29. The average molecular weight is 254 g/mol. The molecule has 1 aromatic carbocycles. The zero-order valence-electron chi connectivity index (χ0n) is 7.12. The topological polar surface area (TPSA) is 39.4 Å². The van der Waals surface area contributed by atoms with Gasteiger partial charge in [-0.05, 0) is 12.1 Å². The smallest absolute Gasteiger partial charge is 0.417 e. The standard InChI is InChI=1S/C10H6BrO3/c11-8-2-1-3-9-10(8)7(5-14-9)4-13-6-12/h1-3,5H,4H2. The fourth-order valence-corrected chi connectivity index (χ4v) is 1.92. The van der Waals surface area contributed by atoms with E-state index in [0.717, 1.165) is 21.0 Å². The van der Waals surface area contributed by atoms with Crippen molar-refractivity contribution in [3.05, 3.63) is 34.5 Å². The molecule has 3 nitrogen and oxygen atoms in total. The number of benzene rings is 1. The number of rotatable bonds is 3. The maximum absolute atomic E-state index is 9.93. The number of carbonyl (C=O) groups excluding carboxylic acids is 1. The third kappa shape index (κ3) is 1.53. The fraction of sp³-hybridized carbons (Fsp3) is 0.100. The van der Waals surface area contributed by atoms with E-state index >= 15 is 0 Å². The van der Waals surface area contributed by atoms with E-state index in [2.05, 4.69) is 20.7 Å². The second-order valence-corrected chi connectivity index (χ2v) is 3.60. The molecule has 71 valence electrons. The van der Waals surface area contributed by atoms with E-state index in [1.165, 1.54) is 6.47 Å². The SMILES string of the molecule is O=[C]OCc1coc2cccc(Br)c12. The van der Waals surface area contributed by atoms with Gasteiger partial charge in [0.25, 0.3) is 0 Å². The summed E-state index contributed by atoms with van der Waals surface area (Å²) in [6, 6.07) is 5.65. The molecule has 0 saturated carbocycles. The minimum atomic E-state index is 0.180. The van der Waals surface area contributed by atoms with Crippen LogP contribution in [0, 0.1) is 0 Å². The molecule has 1 heterocycles. The molecule has 0 amide bonds. The molecule has 0 atom stereocenters. The van der Waals surface area contributed by atoms with Gasteiger partial charge in [-0.3, -0.25) is 0 Å². The van der Waals surface area contributed by atoms with Gasteiger partial charge >= 0.3 is 6.47 Å². The quantitative estimate of drug-likeness (QED) is 0.845. The second kappa shape index (κ2) is 3.84. The average Bonchev–Trinajstić information content (AvgIpc) is 2.59. The summed E-state index contributed by atoms with van der Waals surface area (Å²) in [5.74, 6) is 0. The predicted molar refractivity (Wildman–Crippen MR) is 54.4 cm³/mol. The van der Waals surface area contributed by atoms with Gasteiger partial charge in [0.1, 0.15) is 12.2 Å². The van der Waals surface area contributed by atoms with Crippen LogP contribution in [0.3, 0.4) is 0 Å². The molecule has 0 aliphatic rings. The van der Waals surface area contributed by atoms with Crippen LogP contribution >= 0.6 is 15.9 Å². The lowest BCUT2D eigenvalue weighted by Gasteiger charge is -1.96. The summed E-state index contributed by atoms with van der Waals surface area (Å²) >= 11 is 3.40. The highest BCUT2D eigenvalue weighted by molar-refractivity contribution is 9.10. The first-order chi connectivity index (χ1) is 6.83. The van der Waals surface area contributed by atoms with E-state index in [-0.39, 0.29) is 6.61 Å². The van der Waals surface area contributed by atoms with E-state index in [4.69, 9.17) is 4.42 Å². The number of fused-ring (bicyclic) bond motifs is 1. The Labute approximate surface area is 88.8 Å². The van der Waals surface area contributed by atoms with Crippen LogP contribution in [0.25, 0.3) is 11.0 Å². The number of furan rings is 1. The number of hydrogen-bond acceptors (Lipinski definition) is 3. The van der Waals surface area contributed by atoms with Gasteiger partial charge in [0, 0.05) is 15.4 Å². The first kappa shape index (κ1) is 9.27. The zero-order chi connectivity index (χ0) is 9.97. The first-order valence-electron chi connectivity index (χ1n) is 3.96. The molecule has 0 bridgehead atoms. The van der Waals surface area contributed by atoms with Gasteiger partial charge in [0.2, 0.25) is 0 Å². The Bertz CT molecular complexity index is 461.